The molecule has 2 heterocycles. The van der Waals surface area contributed by atoms with Crippen molar-refractivity contribution < 1.29 is 31.0 Å². The number of aromatic nitrogens is 8. The standard InChI is InChI=1S/C28H34N8O7S2/c1-41-17-27(21-13-14-21,19-44(37,38)25-29-31-33-35(25)23-9-5-3-6-10-23)43-28(18-42-2,22-15-16-22)20-45(39,40)26-30-32-34-36(26)24-11-7-4-8-12-24/h3-12,21-22H,13-20H2,1-2H3/t27-,28-/m0/s1. The van der Waals surface area contributed by atoms with Crippen molar-refractivity contribution in [3.8, 4) is 11.4 Å². The Balaban J connectivity index is 1.39. The summed E-state index contributed by atoms with van der Waals surface area (Å²) in [5.41, 5.74) is -1.91. The molecule has 0 radical (unpaired) electrons. The normalized spacial score (nSPS) is 18.4. The lowest BCUT2D eigenvalue weighted by atomic mass is 9.95. The second-order valence-corrected chi connectivity index (χ2v) is 15.3. The summed E-state index contributed by atoms with van der Waals surface area (Å²) < 4.78 is 77.0. The van der Waals surface area contributed by atoms with Gasteiger partial charge in [0.25, 0.3) is 10.3 Å². The molecule has 2 fully saturated rings. The highest BCUT2D eigenvalue weighted by Gasteiger charge is 2.59. The molecular formula is C28H34N8O7S2. The Bertz CT molecular complexity index is 1690. The second kappa shape index (κ2) is 12.3. The van der Waals surface area contributed by atoms with Crippen molar-refractivity contribution >= 4 is 19.7 Å². The van der Waals surface area contributed by atoms with Crippen molar-refractivity contribution in [3.63, 3.8) is 0 Å². The summed E-state index contributed by atoms with van der Waals surface area (Å²) in [5, 5.41) is 22.2. The zero-order valence-electron chi connectivity index (χ0n) is 24.8. The summed E-state index contributed by atoms with van der Waals surface area (Å²) >= 11 is 0. The SMILES string of the molecule is COC[C@@](CS(=O)(=O)c1nnnn1-c1ccccc1)(O[C@@](COC)(CS(=O)(=O)c1nnnn1-c1ccccc1)C1CC1)C1CC1. The number of nitrogens with zero attached hydrogens (tertiary/aromatic N) is 8. The lowest BCUT2D eigenvalue weighted by Crippen LogP contribution is -2.58. The minimum atomic E-state index is -4.21. The van der Waals surface area contributed by atoms with Crippen LogP contribution in [0, 0.1) is 11.8 Å². The summed E-state index contributed by atoms with van der Waals surface area (Å²) in [4.78, 5) is 0. The van der Waals surface area contributed by atoms with Crippen molar-refractivity contribution in [2.24, 2.45) is 11.8 Å². The van der Waals surface area contributed by atoms with Gasteiger partial charge >= 0.3 is 0 Å². The van der Waals surface area contributed by atoms with Crippen LogP contribution in [0.1, 0.15) is 25.7 Å². The molecule has 4 aromatic rings. The Morgan fingerprint density at radius 1 is 0.667 bits per heavy atom. The largest absolute Gasteiger partial charge is 0.382 e. The van der Waals surface area contributed by atoms with Crippen LogP contribution in [-0.2, 0) is 33.9 Å². The maximum absolute atomic E-state index is 14.1. The van der Waals surface area contributed by atoms with Crippen LogP contribution in [0.25, 0.3) is 11.4 Å². The van der Waals surface area contributed by atoms with Gasteiger partial charge in [0.1, 0.15) is 11.2 Å². The van der Waals surface area contributed by atoms with Crippen molar-refractivity contribution in [1.29, 1.82) is 0 Å². The third-order valence-corrected chi connectivity index (χ3v) is 11.5. The molecule has 17 heteroatoms. The van der Waals surface area contributed by atoms with Gasteiger partial charge in [-0.1, -0.05) is 46.6 Å². The molecule has 2 aliphatic rings. The van der Waals surface area contributed by atoms with Gasteiger partial charge in [-0.15, -0.1) is 0 Å². The average molecular weight is 659 g/mol. The number of hydrogen-bond acceptors (Lipinski definition) is 13. The van der Waals surface area contributed by atoms with Crippen LogP contribution in [0.5, 0.6) is 0 Å². The highest BCUT2D eigenvalue weighted by Crippen LogP contribution is 2.51. The Morgan fingerprint density at radius 3 is 1.38 bits per heavy atom. The minimum absolute atomic E-state index is 0.107. The van der Waals surface area contributed by atoms with Crippen LogP contribution in [0.3, 0.4) is 0 Å². The zero-order valence-corrected chi connectivity index (χ0v) is 26.5. The Kier molecular flexibility index (Phi) is 8.55. The maximum Gasteiger partial charge on any atom is 0.272 e. The maximum atomic E-state index is 14.1. The summed E-state index contributed by atoms with van der Waals surface area (Å²) in [7, 11) is -5.50. The molecule has 15 nitrogen and oxygen atoms in total. The van der Waals surface area contributed by atoms with Crippen molar-refractivity contribution in [3.05, 3.63) is 60.7 Å². The quantitative estimate of drug-likeness (QED) is 0.169. The molecule has 6 rings (SSSR count). The number of para-hydroxylation sites is 2. The number of rotatable bonds is 16. The molecule has 2 saturated carbocycles. The second-order valence-electron chi connectivity index (χ2n) is 11.6. The third-order valence-electron chi connectivity index (χ3n) is 8.13. The van der Waals surface area contributed by atoms with E-state index in [4.69, 9.17) is 14.2 Å². The van der Waals surface area contributed by atoms with Gasteiger partial charge in [-0.05, 0) is 82.6 Å². The molecule has 45 heavy (non-hydrogen) atoms. The molecule has 240 valence electrons. The first-order chi connectivity index (χ1) is 21.6. The van der Waals surface area contributed by atoms with E-state index >= 15 is 0 Å². The molecule has 0 unspecified atom stereocenters. The summed E-state index contributed by atoms with van der Waals surface area (Å²) in [6.45, 7) is -0.215. The molecule has 2 aromatic heterocycles. The Labute approximate surface area is 260 Å². The number of ether oxygens (including phenoxy) is 3. The van der Waals surface area contributed by atoms with Gasteiger partial charge in [-0.25, -0.2) is 16.8 Å². The molecule has 2 atom stereocenters. The van der Waals surface area contributed by atoms with E-state index in [-0.39, 0.29) is 35.4 Å². The van der Waals surface area contributed by atoms with Crippen LogP contribution < -0.4 is 0 Å². The Morgan fingerprint density at radius 2 is 1.04 bits per heavy atom. The molecule has 0 spiro atoms. The van der Waals surface area contributed by atoms with Crippen molar-refractivity contribution in [2.45, 2.75) is 47.2 Å². The molecule has 0 bridgehead atoms. The summed E-state index contributed by atoms with van der Waals surface area (Å²) in [6, 6.07) is 17.4. The van der Waals surface area contributed by atoms with Gasteiger partial charge in [-0.2, -0.15) is 9.36 Å². The lowest BCUT2D eigenvalue weighted by molar-refractivity contribution is -0.195. The van der Waals surface area contributed by atoms with E-state index < -0.39 is 42.4 Å². The topological polar surface area (TPSA) is 183 Å². The van der Waals surface area contributed by atoms with Crippen LogP contribution >= 0.6 is 0 Å². The lowest BCUT2D eigenvalue weighted by Gasteiger charge is -2.44. The average Bonchev–Trinajstić information content (AvgIpc) is 3.95. The van der Waals surface area contributed by atoms with Gasteiger partial charge in [0, 0.05) is 14.2 Å². The first-order valence-electron chi connectivity index (χ1n) is 14.4. The van der Waals surface area contributed by atoms with E-state index in [1.807, 2.05) is 0 Å². The molecule has 0 N–H and O–H groups in total. The molecule has 2 aromatic carbocycles. The van der Waals surface area contributed by atoms with Crippen LogP contribution in [-0.4, -0.2) is 107 Å². The fourth-order valence-electron chi connectivity index (χ4n) is 5.93. The van der Waals surface area contributed by atoms with Gasteiger partial charge in [0.15, 0.2) is 0 Å². The van der Waals surface area contributed by atoms with Gasteiger partial charge < -0.3 is 14.2 Å². The molecule has 2 aliphatic carbocycles. The first kappa shape index (κ1) is 31.3. The van der Waals surface area contributed by atoms with E-state index in [2.05, 4.69) is 31.1 Å². The van der Waals surface area contributed by atoms with E-state index in [1.165, 1.54) is 14.2 Å². The van der Waals surface area contributed by atoms with Gasteiger partial charge in [0.05, 0.1) is 36.1 Å². The van der Waals surface area contributed by atoms with Gasteiger partial charge in [0.2, 0.25) is 19.7 Å². The van der Waals surface area contributed by atoms with E-state index in [1.54, 1.807) is 60.7 Å². The third kappa shape index (κ3) is 6.40. The smallest absolute Gasteiger partial charge is 0.272 e. The first-order valence-corrected chi connectivity index (χ1v) is 17.7. The fourth-order valence-corrected chi connectivity index (χ4v) is 9.37. The highest BCUT2D eigenvalue weighted by molar-refractivity contribution is 7.91. The summed E-state index contributed by atoms with van der Waals surface area (Å²) in [6.07, 6.45) is 2.70. The molecule has 0 amide bonds. The fraction of sp³-hybridized carbons (Fsp3) is 0.500. The number of hydrogen-bond donors (Lipinski definition) is 0. The molecule has 0 aliphatic heterocycles. The predicted octanol–water partition coefficient (Wildman–Crippen LogP) is 1.49. The number of tetrazole rings is 2. The van der Waals surface area contributed by atoms with Crippen molar-refractivity contribution in [2.75, 3.05) is 38.9 Å². The molecular weight excluding hydrogens is 624 g/mol. The highest BCUT2D eigenvalue weighted by atomic mass is 32.2. The van der Waals surface area contributed by atoms with Crippen LogP contribution in [0.2, 0.25) is 0 Å². The van der Waals surface area contributed by atoms with Crippen molar-refractivity contribution in [1.82, 2.24) is 40.4 Å². The number of sulfone groups is 2. The molecule has 0 saturated heterocycles. The summed E-state index contributed by atoms with van der Waals surface area (Å²) in [5.74, 6) is -1.52. The van der Waals surface area contributed by atoms with Crippen LogP contribution in [0.15, 0.2) is 71.0 Å². The monoisotopic (exact) mass is 658 g/mol. The number of benzene rings is 2. The zero-order chi connectivity index (χ0) is 31.7. The van der Waals surface area contributed by atoms with Gasteiger partial charge in [-0.3, -0.25) is 0 Å². The van der Waals surface area contributed by atoms with E-state index in [0.29, 0.717) is 37.1 Å². The predicted molar refractivity (Wildman–Crippen MR) is 158 cm³/mol. The number of methoxy groups -OCH3 is 2. The van der Waals surface area contributed by atoms with Crippen LogP contribution in [0.4, 0.5) is 0 Å². The Hall–Kier alpha value is -3.64. The minimum Gasteiger partial charge on any atom is -0.382 e. The van der Waals surface area contributed by atoms with E-state index in [9.17, 15) is 16.8 Å². The van der Waals surface area contributed by atoms with E-state index in [0.717, 1.165) is 9.36 Å².